The Morgan fingerprint density at radius 2 is 2.35 bits per heavy atom. The molecule has 3 rings (SSSR count). The van der Waals surface area contributed by atoms with Crippen molar-refractivity contribution < 1.29 is 9.53 Å². The van der Waals surface area contributed by atoms with Crippen LogP contribution in [0.1, 0.15) is 42.7 Å². The Hall–Kier alpha value is -1.42. The molecular formula is C16H22N2O2. The van der Waals surface area contributed by atoms with Crippen molar-refractivity contribution in [3.8, 4) is 0 Å². The van der Waals surface area contributed by atoms with Crippen LogP contribution < -0.4 is 0 Å². The first-order chi connectivity index (χ1) is 9.67. The van der Waals surface area contributed by atoms with Gasteiger partial charge in [-0.2, -0.15) is 0 Å². The zero-order chi connectivity index (χ0) is 14.1. The first-order valence-corrected chi connectivity index (χ1v) is 7.57. The summed E-state index contributed by atoms with van der Waals surface area (Å²) >= 11 is 0. The van der Waals surface area contributed by atoms with Gasteiger partial charge in [-0.1, -0.05) is 6.92 Å². The Labute approximate surface area is 120 Å². The van der Waals surface area contributed by atoms with Crippen LogP contribution in [0.25, 0.3) is 0 Å². The molecule has 0 unspecified atom stereocenters. The number of fused-ring (bicyclic) bond motifs is 1. The van der Waals surface area contributed by atoms with E-state index in [0.717, 1.165) is 38.0 Å². The highest BCUT2D eigenvalue weighted by Crippen LogP contribution is 2.33. The minimum absolute atomic E-state index is 0.109. The summed E-state index contributed by atoms with van der Waals surface area (Å²) in [7, 11) is 0. The van der Waals surface area contributed by atoms with Gasteiger partial charge >= 0.3 is 0 Å². The SMILES string of the molecule is CCc1ccc(C(=O)N2CC[C@@H]3O[C@@H](C)C[C@H]3C2)cn1. The standard InChI is InChI=1S/C16H22N2O2/c1-3-14-5-4-12(9-17-14)16(19)18-7-6-15-13(10-18)8-11(2)20-15/h4-5,9,11,13,15H,3,6-8,10H2,1-2H3/t11-,13-,15-/m0/s1. The average molecular weight is 274 g/mol. The van der Waals surface area contributed by atoms with Crippen LogP contribution in [0.4, 0.5) is 0 Å². The maximum Gasteiger partial charge on any atom is 0.255 e. The molecule has 20 heavy (non-hydrogen) atoms. The Kier molecular flexibility index (Phi) is 3.74. The lowest BCUT2D eigenvalue weighted by Crippen LogP contribution is -2.44. The van der Waals surface area contributed by atoms with Crippen molar-refractivity contribution in [2.45, 2.75) is 45.3 Å². The monoisotopic (exact) mass is 274 g/mol. The first kappa shape index (κ1) is 13.6. The molecule has 4 nitrogen and oxygen atoms in total. The van der Waals surface area contributed by atoms with Gasteiger partial charge in [-0.25, -0.2) is 0 Å². The highest BCUT2D eigenvalue weighted by Gasteiger charge is 2.38. The lowest BCUT2D eigenvalue weighted by atomic mass is 9.93. The van der Waals surface area contributed by atoms with E-state index >= 15 is 0 Å². The third kappa shape index (κ3) is 2.57. The fourth-order valence-corrected chi connectivity index (χ4v) is 3.32. The molecule has 0 aromatic carbocycles. The number of hydrogen-bond donors (Lipinski definition) is 0. The molecule has 2 aliphatic heterocycles. The number of carbonyl (C=O) groups is 1. The highest BCUT2D eigenvalue weighted by molar-refractivity contribution is 5.94. The first-order valence-electron chi connectivity index (χ1n) is 7.57. The van der Waals surface area contributed by atoms with E-state index in [4.69, 9.17) is 4.74 Å². The molecule has 0 bridgehead atoms. The van der Waals surface area contributed by atoms with Gasteiger partial charge in [-0.15, -0.1) is 0 Å². The maximum atomic E-state index is 12.5. The zero-order valence-electron chi connectivity index (χ0n) is 12.2. The van der Waals surface area contributed by atoms with Crippen molar-refractivity contribution in [1.82, 2.24) is 9.88 Å². The third-order valence-corrected chi connectivity index (χ3v) is 4.43. The summed E-state index contributed by atoms with van der Waals surface area (Å²) in [5, 5.41) is 0. The van der Waals surface area contributed by atoms with Gasteiger partial charge in [0, 0.05) is 30.9 Å². The smallest absolute Gasteiger partial charge is 0.255 e. The molecule has 108 valence electrons. The van der Waals surface area contributed by atoms with E-state index in [0.29, 0.717) is 23.7 Å². The predicted molar refractivity (Wildman–Crippen MR) is 76.6 cm³/mol. The molecule has 4 heteroatoms. The number of nitrogens with zero attached hydrogens (tertiary/aromatic N) is 2. The molecule has 0 aliphatic carbocycles. The third-order valence-electron chi connectivity index (χ3n) is 4.43. The fraction of sp³-hybridized carbons (Fsp3) is 0.625. The van der Waals surface area contributed by atoms with Crippen molar-refractivity contribution >= 4 is 5.91 Å². The number of aromatic nitrogens is 1. The summed E-state index contributed by atoms with van der Waals surface area (Å²) in [5.41, 5.74) is 1.73. The lowest BCUT2D eigenvalue weighted by molar-refractivity contribution is 0.00864. The summed E-state index contributed by atoms with van der Waals surface area (Å²) in [6.07, 6.45) is 5.33. The number of aryl methyl sites for hydroxylation is 1. The van der Waals surface area contributed by atoms with E-state index in [2.05, 4.69) is 18.8 Å². The summed E-state index contributed by atoms with van der Waals surface area (Å²) in [6, 6.07) is 3.84. The average Bonchev–Trinajstić information content (AvgIpc) is 2.85. The number of carbonyl (C=O) groups excluding carboxylic acids is 1. The zero-order valence-corrected chi connectivity index (χ0v) is 12.2. The second kappa shape index (κ2) is 5.52. The molecular weight excluding hydrogens is 252 g/mol. The number of piperidine rings is 1. The van der Waals surface area contributed by atoms with Gasteiger partial charge in [0.2, 0.25) is 0 Å². The van der Waals surface area contributed by atoms with Crippen LogP contribution in [-0.2, 0) is 11.2 Å². The minimum atomic E-state index is 0.109. The molecule has 0 spiro atoms. The number of ether oxygens (including phenoxy) is 1. The van der Waals surface area contributed by atoms with Crippen LogP contribution in [0.5, 0.6) is 0 Å². The molecule has 0 N–H and O–H groups in total. The van der Waals surface area contributed by atoms with Crippen LogP contribution in [0.3, 0.4) is 0 Å². The van der Waals surface area contributed by atoms with Crippen molar-refractivity contribution in [3.63, 3.8) is 0 Å². The van der Waals surface area contributed by atoms with Crippen LogP contribution in [-0.4, -0.2) is 41.1 Å². The molecule has 3 heterocycles. The van der Waals surface area contributed by atoms with E-state index in [-0.39, 0.29) is 5.91 Å². The number of rotatable bonds is 2. The van der Waals surface area contributed by atoms with Gasteiger partial charge in [0.05, 0.1) is 17.8 Å². The summed E-state index contributed by atoms with van der Waals surface area (Å²) in [4.78, 5) is 18.8. The van der Waals surface area contributed by atoms with Crippen LogP contribution >= 0.6 is 0 Å². The van der Waals surface area contributed by atoms with Crippen molar-refractivity contribution in [2.24, 2.45) is 5.92 Å². The lowest BCUT2D eigenvalue weighted by Gasteiger charge is -2.34. The molecule has 3 atom stereocenters. The number of hydrogen-bond acceptors (Lipinski definition) is 3. The van der Waals surface area contributed by atoms with E-state index in [1.807, 2.05) is 17.0 Å². The molecule has 2 fully saturated rings. The van der Waals surface area contributed by atoms with Crippen molar-refractivity contribution in [1.29, 1.82) is 0 Å². The number of likely N-dealkylation sites (tertiary alicyclic amines) is 1. The topological polar surface area (TPSA) is 42.4 Å². The highest BCUT2D eigenvalue weighted by atomic mass is 16.5. The summed E-state index contributed by atoms with van der Waals surface area (Å²) in [6.45, 7) is 5.80. The second-order valence-electron chi connectivity index (χ2n) is 5.91. The summed E-state index contributed by atoms with van der Waals surface area (Å²) < 4.78 is 5.88. The maximum absolute atomic E-state index is 12.5. The molecule has 0 saturated carbocycles. The van der Waals surface area contributed by atoms with Gasteiger partial charge in [0.1, 0.15) is 0 Å². The predicted octanol–water partition coefficient (Wildman–Crippen LogP) is 2.28. The minimum Gasteiger partial charge on any atom is -0.375 e. The Balaban J connectivity index is 1.68. The van der Waals surface area contributed by atoms with E-state index in [9.17, 15) is 4.79 Å². The van der Waals surface area contributed by atoms with E-state index in [1.54, 1.807) is 6.20 Å². The van der Waals surface area contributed by atoms with E-state index in [1.165, 1.54) is 0 Å². The molecule has 1 aromatic heterocycles. The second-order valence-corrected chi connectivity index (χ2v) is 5.91. The van der Waals surface area contributed by atoms with Crippen LogP contribution in [0.15, 0.2) is 18.3 Å². The van der Waals surface area contributed by atoms with Gasteiger partial charge in [-0.3, -0.25) is 9.78 Å². The van der Waals surface area contributed by atoms with Gasteiger partial charge < -0.3 is 9.64 Å². The number of amides is 1. The summed E-state index contributed by atoms with van der Waals surface area (Å²) in [5.74, 6) is 0.615. The van der Waals surface area contributed by atoms with E-state index < -0.39 is 0 Å². The van der Waals surface area contributed by atoms with Gasteiger partial charge in [-0.05, 0) is 38.3 Å². The Morgan fingerprint density at radius 3 is 3.05 bits per heavy atom. The Morgan fingerprint density at radius 1 is 1.50 bits per heavy atom. The molecule has 1 aromatic rings. The van der Waals surface area contributed by atoms with Gasteiger partial charge in [0.25, 0.3) is 5.91 Å². The fourth-order valence-electron chi connectivity index (χ4n) is 3.32. The van der Waals surface area contributed by atoms with Crippen LogP contribution in [0, 0.1) is 5.92 Å². The largest absolute Gasteiger partial charge is 0.375 e. The van der Waals surface area contributed by atoms with Crippen molar-refractivity contribution in [2.75, 3.05) is 13.1 Å². The van der Waals surface area contributed by atoms with Crippen LogP contribution in [0.2, 0.25) is 0 Å². The molecule has 1 amide bonds. The molecule has 2 saturated heterocycles. The normalized spacial score (nSPS) is 29.3. The quantitative estimate of drug-likeness (QED) is 0.831. The number of pyridine rings is 1. The molecule has 2 aliphatic rings. The Bertz CT molecular complexity index is 486. The molecule has 0 radical (unpaired) electrons. The van der Waals surface area contributed by atoms with Gasteiger partial charge in [0.15, 0.2) is 0 Å². The van der Waals surface area contributed by atoms with Crippen molar-refractivity contribution in [3.05, 3.63) is 29.6 Å².